The molecule has 1 saturated carbocycles. The van der Waals surface area contributed by atoms with E-state index in [0.29, 0.717) is 17.4 Å². The minimum atomic E-state index is -0.214. The normalized spacial score (nSPS) is 37.5. The van der Waals surface area contributed by atoms with Crippen molar-refractivity contribution >= 4 is 23.3 Å². The zero-order valence-corrected chi connectivity index (χ0v) is 7.02. The van der Waals surface area contributed by atoms with E-state index in [2.05, 4.69) is 0 Å². The highest BCUT2D eigenvalue weighted by Crippen LogP contribution is 2.37. The molecule has 3 heteroatoms. The highest BCUT2D eigenvalue weighted by atomic mass is 32.2. The number of fused-ring (bicyclic) bond motifs is 1. The van der Waals surface area contributed by atoms with E-state index in [1.807, 2.05) is 0 Å². The Balaban J connectivity index is 2.21. The lowest BCUT2D eigenvalue weighted by Gasteiger charge is -2.20. The molecule has 0 aromatic carbocycles. The van der Waals surface area contributed by atoms with Gasteiger partial charge >= 0.3 is 0 Å². The predicted octanol–water partition coefficient (Wildman–Crippen LogP) is 1.04. The molecule has 1 saturated heterocycles. The van der Waals surface area contributed by atoms with E-state index in [0.717, 1.165) is 12.8 Å². The van der Waals surface area contributed by atoms with Crippen LogP contribution in [0.4, 0.5) is 0 Å². The Morgan fingerprint density at radius 3 is 2.82 bits per heavy atom. The van der Waals surface area contributed by atoms with Gasteiger partial charge in [-0.1, -0.05) is 0 Å². The summed E-state index contributed by atoms with van der Waals surface area (Å²) in [5.74, 6) is 0.718. The Morgan fingerprint density at radius 2 is 2.09 bits per heavy atom. The molecule has 11 heavy (non-hydrogen) atoms. The Morgan fingerprint density at radius 1 is 1.27 bits per heavy atom. The number of rotatable bonds is 0. The molecule has 1 aliphatic carbocycles. The fourth-order valence-electron chi connectivity index (χ4n) is 1.85. The smallest absolute Gasteiger partial charge is 0.154 e. The molecular formula is C8H10O2S. The third-order valence-corrected chi connectivity index (χ3v) is 3.80. The molecule has 0 aromatic rings. The van der Waals surface area contributed by atoms with Crippen molar-refractivity contribution in [2.75, 3.05) is 5.75 Å². The molecule has 1 heterocycles. The standard InChI is InChI=1S/C8H10O2S/c9-5-2-1-3-7-8(5)6(10)4-11-7/h7-8H,1-4H2/t7-,8-/m0/s1. The average Bonchev–Trinajstić information content (AvgIpc) is 2.34. The van der Waals surface area contributed by atoms with Crippen molar-refractivity contribution < 1.29 is 9.59 Å². The molecule has 0 unspecified atom stereocenters. The first-order valence-electron chi connectivity index (χ1n) is 3.96. The molecule has 0 radical (unpaired) electrons. The van der Waals surface area contributed by atoms with Crippen molar-refractivity contribution in [1.29, 1.82) is 0 Å². The van der Waals surface area contributed by atoms with E-state index >= 15 is 0 Å². The third-order valence-electron chi connectivity index (χ3n) is 2.42. The van der Waals surface area contributed by atoms with Gasteiger partial charge in [0, 0.05) is 11.7 Å². The van der Waals surface area contributed by atoms with Gasteiger partial charge in [-0.25, -0.2) is 0 Å². The lowest BCUT2D eigenvalue weighted by molar-refractivity contribution is -0.131. The minimum Gasteiger partial charge on any atom is -0.299 e. The fraction of sp³-hybridized carbons (Fsp3) is 0.750. The lowest BCUT2D eigenvalue weighted by atomic mass is 9.85. The summed E-state index contributed by atoms with van der Waals surface area (Å²) in [6.07, 6.45) is 2.68. The second-order valence-electron chi connectivity index (χ2n) is 3.15. The summed E-state index contributed by atoms with van der Waals surface area (Å²) < 4.78 is 0. The molecule has 2 rings (SSSR count). The number of Topliss-reactive ketones (excluding diaryl/α,β-unsaturated/α-hetero) is 2. The average molecular weight is 170 g/mol. The van der Waals surface area contributed by atoms with Crippen LogP contribution in [0.15, 0.2) is 0 Å². The SMILES string of the molecule is O=C1CCC[C@@H]2SCC(=O)[C@H]12. The van der Waals surface area contributed by atoms with Crippen LogP contribution >= 0.6 is 11.8 Å². The van der Waals surface area contributed by atoms with Crippen molar-refractivity contribution in [1.82, 2.24) is 0 Å². The molecule has 2 fully saturated rings. The van der Waals surface area contributed by atoms with Gasteiger partial charge in [-0.05, 0) is 12.8 Å². The van der Waals surface area contributed by atoms with Crippen LogP contribution in [0.1, 0.15) is 19.3 Å². The monoisotopic (exact) mass is 170 g/mol. The lowest BCUT2D eigenvalue weighted by Crippen LogP contribution is -2.31. The van der Waals surface area contributed by atoms with Gasteiger partial charge < -0.3 is 0 Å². The molecule has 0 amide bonds. The number of hydrogen-bond donors (Lipinski definition) is 0. The van der Waals surface area contributed by atoms with Gasteiger partial charge in [-0.2, -0.15) is 0 Å². The molecule has 1 aliphatic heterocycles. The van der Waals surface area contributed by atoms with Crippen molar-refractivity contribution in [3.05, 3.63) is 0 Å². The number of thioether (sulfide) groups is 1. The third kappa shape index (κ3) is 1.11. The minimum absolute atomic E-state index is 0.171. The molecule has 0 spiro atoms. The van der Waals surface area contributed by atoms with E-state index in [9.17, 15) is 9.59 Å². The summed E-state index contributed by atoms with van der Waals surface area (Å²) in [6, 6.07) is 0. The van der Waals surface area contributed by atoms with Crippen LogP contribution in [0.5, 0.6) is 0 Å². The van der Waals surface area contributed by atoms with E-state index in [-0.39, 0.29) is 17.5 Å². The Hall–Kier alpha value is -0.310. The quantitative estimate of drug-likeness (QED) is 0.509. The van der Waals surface area contributed by atoms with Gasteiger partial charge in [0.1, 0.15) is 5.78 Å². The topological polar surface area (TPSA) is 34.1 Å². The highest BCUT2D eigenvalue weighted by Gasteiger charge is 2.41. The maximum Gasteiger partial charge on any atom is 0.154 e. The molecular weight excluding hydrogens is 160 g/mol. The zero-order valence-electron chi connectivity index (χ0n) is 6.21. The van der Waals surface area contributed by atoms with Crippen molar-refractivity contribution in [2.24, 2.45) is 5.92 Å². The molecule has 2 nitrogen and oxygen atoms in total. The van der Waals surface area contributed by atoms with E-state index < -0.39 is 0 Å². The zero-order chi connectivity index (χ0) is 7.84. The van der Waals surface area contributed by atoms with E-state index in [1.54, 1.807) is 11.8 Å². The second kappa shape index (κ2) is 2.63. The van der Waals surface area contributed by atoms with Gasteiger partial charge in [0.05, 0.1) is 11.7 Å². The first-order chi connectivity index (χ1) is 5.29. The second-order valence-corrected chi connectivity index (χ2v) is 4.38. The first-order valence-corrected chi connectivity index (χ1v) is 5.01. The van der Waals surface area contributed by atoms with Crippen LogP contribution < -0.4 is 0 Å². The molecule has 0 aromatic heterocycles. The number of carbonyl (C=O) groups is 2. The van der Waals surface area contributed by atoms with E-state index in [4.69, 9.17) is 0 Å². The van der Waals surface area contributed by atoms with Crippen molar-refractivity contribution in [3.8, 4) is 0 Å². The number of carbonyl (C=O) groups excluding carboxylic acids is 2. The number of ketones is 2. The van der Waals surface area contributed by atoms with Gasteiger partial charge in [0.25, 0.3) is 0 Å². The van der Waals surface area contributed by atoms with Gasteiger partial charge in [0.15, 0.2) is 5.78 Å². The fourth-order valence-corrected chi connectivity index (χ4v) is 3.24. The highest BCUT2D eigenvalue weighted by molar-refractivity contribution is 8.01. The summed E-state index contributed by atoms with van der Waals surface area (Å²) in [5.41, 5.74) is 0. The van der Waals surface area contributed by atoms with Crippen LogP contribution in [0.25, 0.3) is 0 Å². The van der Waals surface area contributed by atoms with Gasteiger partial charge in [-0.15, -0.1) is 11.8 Å². The Kier molecular flexibility index (Phi) is 1.75. The van der Waals surface area contributed by atoms with Crippen LogP contribution in [0.3, 0.4) is 0 Å². The molecule has 2 aliphatic rings. The first kappa shape index (κ1) is 7.35. The largest absolute Gasteiger partial charge is 0.299 e. The van der Waals surface area contributed by atoms with Crippen LogP contribution in [-0.4, -0.2) is 22.6 Å². The van der Waals surface area contributed by atoms with Gasteiger partial charge in [-0.3, -0.25) is 9.59 Å². The maximum atomic E-state index is 11.3. The van der Waals surface area contributed by atoms with Crippen LogP contribution in [0, 0.1) is 5.92 Å². The summed E-state index contributed by atoms with van der Waals surface area (Å²) in [5, 5.41) is 0.337. The molecule has 0 N–H and O–H groups in total. The van der Waals surface area contributed by atoms with Crippen LogP contribution in [0.2, 0.25) is 0 Å². The summed E-state index contributed by atoms with van der Waals surface area (Å²) in [7, 11) is 0. The molecule has 60 valence electrons. The Labute approximate surface area is 69.7 Å². The van der Waals surface area contributed by atoms with Crippen molar-refractivity contribution in [2.45, 2.75) is 24.5 Å². The van der Waals surface area contributed by atoms with Crippen LogP contribution in [-0.2, 0) is 9.59 Å². The van der Waals surface area contributed by atoms with Crippen molar-refractivity contribution in [3.63, 3.8) is 0 Å². The van der Waals surface area contributed by atoms with E-state index in [1.165, 1.54) is 0 Å². The summed E-state index contributed by atoms with van der Waals surface area (Å²) >= 11 is 1.67. The summed E-state index contributed by atoms with van der Waals surface area (Å²) in [4.78, 5) is 22.4. The molecule has 0 bridgehead atoms. The number of hydrogen-bond acceptors (Lipinski definition) is 3. The maximum absolute atomic E-state index is 11.3. The molecule has 2 atom stereocenters. The van der Waals surface area contributed by atoms with Gasteiger partial charge in [0.2, 0.25) is 0 Å². The summed E-state index contributed by atoms with van der Waals surface area (Å²) in [6.45, 7) is 0. The Bertz CT molecular complexity index is 212. The predicted molar refractivity (Wildman–Crippen MR) is 43.6 cm³/mol.